The fourth-order valence-corrected chi connectivity index (χ4v) is 2.54. The van der Waals surface area contributed by atoms with Crippen molar-refractivity contribution in [2.45, 2.75) is 13.0 Å². The molecule has 0 aliphatic heterocycles. The van der Waals surface area contributed by atoms with Gasteiger partial charge in [0.15, 0.2) is 0 Å². The molecule has 0 saturated heterocycles. The molecule has 1 aromatic carbocycles. The van der Waals surface area contributed by atoms with E-state index < -0.39 is 0 Å². The Kier molecular flexibility index (Phi) is 4.64. The maximum atomic E-state index is 12.6. The van der Waals surface area contributed by atoms with Crippen LogP contribution in [0.3, 0.4) is 0 Å². The van der Waals surface area contributed by atoms with Crippen molar-refractivity contribution >= 4 is 10.9 Å². The minimum atomic E-state index is -0.0436. The highest BCUT2D eigenvalue weighted by Gasteiger charge is 2.16. The van der Waals surface area contributed by atoms with Crippen LogP contribution in [-0.2, 0) is 7.05 Å². The lowest BCUT2D eigenvalue weighted by atomic mass is 10.1. The summed E-state index contributed by atoms with van der Waals surface area (Å²) in [5, 5.41) is 0.598. The van der Waals surface area contributed by atoms with Crippen molar-refractivity contribution in [3.8, 4) is 11.8 Å². The van der Waals surface area contributed by atoms with Gasteiger partial charge >= 0.3 is 0 Å². The highest BCUT2D eigenvalue weighted by Crippen LogP contribution is 2.17. The molecule has 0 bridgehead atoms. The van der Waals surface area contributed by atoms with Crippen LogP contribution < -0.4 is 5.56 Å². The minimum absolute atomic E-state index is 0.0327. The van der Waals surface area contributed by atoms with Gasteiger partial charge in [-0.3, -0.25) is 14.3 Å². The second-order valence-corrected chi connectivity index (χ2v) is 6.17. The van der Waals surface area contributed by atoms with E-state index in [4.69, 9.17) is 4.98 Å². The first-order valence-corrected chi connectivity index (χ1v) is 8.07. The highest BCUT2D eigenvalue weighted by molar-refractivity contribution is 5.79. The third kappa shape index (κ3) is 3.44. The third-order valence-corrected chi connectivity index (χ3v) is 4.26. The number of pyridine rings is 1. The van der Waals surface area contributed by atoms with Gasteiger partial charge in [-0.2, -0.15) is 0 Å². The van der Waals surface area contributed by atoms with Crippen LogP contribution in [0.4, 0.5) is 0 Å². The molecule has 5 nitrogen and oxygen atoms in total. The average molecular weight is 332 g/mol. The number of benzene rings is 1. The van der Waals surface area contributed by atoms with E-state index in [9.17, 15) is 4.79 Å². The van der Waals surface area contributed by atoms with Gasteiger partial charge in [0.05, 0.1) is 16.9 Å². The largest absolute Gasteiger partial charge is 0.300 e. The summed E-state index contributed by atoms with van der Waals surface area (Å²) in [6.45, 7) is 2.03. The lowest BCUT2D eigenvalue weighted by Gasteiger charge is -2.21. The molecule has 0 aliphatic carbocycles. The summed E-state index contributed by atoms with van der Waals surface area (Å²) in [6, 6.07) is 11.1. The zero-order valence-corrected chi connectivity index (χ0v) is 14.8. The molecule has 0 spiro atoms. The van der Waals surface area contributed by atoms with Crippen LogP contribution in [0.1, 0.15) is 30.0 Å². The van der Waals surface area contributed by atoms with Crippen LogP contribution in [-0.4, -0.2) is 33.5 Å². The normalized spacial score (nSPS) is 12.0. The number of hydrogen-bond acceptors (Lipinski definition) is 4. The molecule has 1 unspecified atom stereocenters. The summed E-state index contributed by atoms with van der Waals surface area (Å²) in [7, 11) is 5.70. The molecular formula is C20H20N4O. The van der Waals surface area contributed by atoms with Crippen molar-refractivity contribution in [1.29, 1.82) is 0 Å². The summed E-state index contributed by atoms with van der Waals surface area (Å²) < 4.78 is 1.62. The predicted molar refractivity (Wildman–Crippen MR) is 99.3 cm³/mol. The van der Waals surface area contributed by atoms with Crippen LogP contribution in [0.2, 0.25) is 0 Å². The first-order chi connectivity index (χ1) is 12.0. The molecule has 0 saturated carbocycles. The Labute approximate surface area is 147 Å². The second kappa shape index (κ2) is 6.88. The van der Waals surface area contributed by atoms with Gasteiger partial charge in [0.25, 0.3) is 5.56 Å². The Morgan fingerprint density at radius 2 is 1.96 bits per heavy atom. The minimum Gasteiger partial charge on any atom is -0.300 e. The Balaban J connectivity index is 2.10. The van der Waals surface area contributed by atoms with Gasteiger partial charge in [0.2, 0.25) is 0 Å². The van der Waals surface area contributed by atoms with Gasteiger partial charge in [0.1, 0.15) is 11.5 Å². The van der Waals surface area contributed by atoms with Gasteiger partial charge in [0, 0.05) is 18.8 Å². The van der Waals surface area contributed by atoms with E-state index >= 15 is 0 Å². The van der Waals surface area contributed by atoms with E-state index in [2.05, 4.69) is 16.8 Å². The third-order valence-electron chi connectivity index (χ3n) is 4.26. The fraction of sp³-hybridized carbons (Fsp3) is 0.250. The summed E-state index contributed by atoms with van der Waals surface area (Å²) in [5.41, 5.74) is 2.14. The van der Waals surface area contributed by atoms with Crippen molar-refractivity contribution in [3.05, 3.63) is 70.0 Å². The Hall–Kier alpha value is -2.97. The van der Waals surface area contributed by atoms with Crippen LogP contribution >= 0.6 is 0 Å². The van der Waals surface area contributed by atoms with E-state index in [0.717, 1.165) is 11.4 Å². The van der Waals surface area contributed by atoms with E-state index in [-0.39, 0.29) is 11.6 Å². The summed E-state index contributed by atoms with van der Waals surface area (Å²) >= 11 is 0. The smallest absolute Gasteiger partial charge is 0.261 e. The molecule has 0 N–H and O–H groups in total. The maximum Gasteiger partial charge on any atom is 0.261 e. The van der Waals surface area contributed by atoms with Crippen molar-refractivity contribution in [2.75, 3.05) is 14.1 Å². The van der Waals surface area contributed by atoms with E-state index in [0.29, 0.717) is 16.6 Å². The molecule has 5 heteroatoms. The molecule has 3 aromatic rings. The SMILES string of the molecule is CC(c1nc2cc(C#Cc3ccccn3)ccc2c(=O)n1C)N(C)C. The molecular weight excluding hydrogens is 312 g/mol. The zero-order chi connectivity index (χ0) is 18.0. The Morgan fingerprint density at radius 1 is 1.16 bits per heavy atom. The topological polar surface area (TPSA) is 51.0 Å². The average Bonchev–Trinajstić information content (AvgIpc) is 2.63. The van der Waals surface area contributed by atoms with Gasteiger partial charge in [-0.1, -0.05) is 12.0 Å². The first kappa shape index (κ1) is 16.9. The van der Waals surface area contributed by atoms with Crippen LogP contribution in [0, 0.1) is 11.8 Å². The van der Waals surface area contributed by atoms with Gasteiger partial charge in [-0.25, -0.2) is 9.97 Å². The highest BCUT2D eigenvalue weighted by atomic mass is 16.1. The quantitative estimate of drug-likeness (QED) is 0.676. The van der Waals surface area contributed by atoms with Gasteiger partial charge in [-0.15, -0.1) is 0 Å². The Morgan fingerprint density at radius 3 is 2.64 bits per heavy atom. The standard InChI is InChI=1S/C20H20N4O/c1-14(23(2)3)19-22-18-13-15(8-10-16-7-5-6-12-21-16)9-11-17(18)20(25)24(19)4/h5-7,9,11-14H,1-4H3. The lowest BCUT2D eigenvalue weighted by Crippen LogP contribution is -2.28. The molecule has 0 radical (unpaired) electrons. The molecule has 2 heterocycles. The Bertz CT molecular complexity index is 1030. The van der Waals surface area contributed by atoms with E-state index in [1.54, 1.807) is 23.9 Å². The van der Waals surface area contributed by atoms with E-state index in [1.807, 2.05) is 56.3 Å². The fourth-order valence-electron chi connectivity index (χ4n) is 2.54. The van der Waals surface area contributed by atoms with Crippen LogP contribution in [0.25, 0.3) is 10.9 Å². The summed E-state index contributed by atoms with van der Waals surface area (Å²) in [5.74, 6) is 6.85. The zero-order valence-electron chi connectivity index (χ0n) is 14.8. The summed E-state index contributed by atoms with van der Waals surface area (Å²) in [4.78, 5) is 23.6. The molecule has 126 valence electrons. The van der Waals surface area contributed by atoms with Crippen LogP contribution in [0.5, 0.6) is 0 Å². The van der Waals surface area contributed by atoms with Crippen molar-refractivity contribution in [2.24, 2.45) is 7.05 Å². The molecule has 0 aliphatic rings. The second-order valence-electron chi connectivity index (χ2n) is 6.17. The maximum absolute atomic E-state index is 12.6. The van der Waals surface area contributed by atoms with Crippen molar-refractivity contribution < 1.29 is 0 Å². The number of rotatable bonds is 2. The first-order valence-electron chi connectivity index (χ1n) is 8.07. The van der Waals surface area contributed by atoms with Crippen molar-refractivity contribution in [1.82, 2.24) is 19.4 Å². The molecule has 1 atom stereocenters. The molecule has 3 rings (SSSR count). The molecule has 0 fully saturated rings. The van der Waals surface area contributed by atoms with Crippen molar-refractivity contribution in [3.63, 3.8) is 0 Å². The number of fused-ring (bicyclic) bond motifs is 1. The molecule has 2 aromatic heterocycles. The number of nitrogens with zero attached hydrogens (tertiary/aromatic N) is 4. The van der Waals surface area contributed by atoms with Gasteiger partial charge < -0.3 is 0 Å². The molecule has 0 amide bonds. The number of hydrogen-bond donors (Lipinski definition) is 0. The lowest BCUT2D eigenvalue weighted by molar-refractivity contribution is 0.301. The predicted octanol–water partition coefficient (Wildman–Crippen LogP) is 2.35. The van der Waals surface area contributed by atoms with E-state index in [1.165, 1.54) is 0 Å². The summed E-state index contributed by atoms with van der Waals surface area (Å²) in [6.07, 6.45) is 1.71. The monoisotopic (exact) mass is 332 g/mol. The van der Waals surface area contributed by atoms with Crippen LogP contribution in [0.15, 0.2) is 47.4 Å². The molecule has 25 heavy (non-hydrogen) atoms. The van der Waals surface area contributed by atoms with Gasteiger partial charge in [-0.05, 0) is 57.3 Å². The number of aromatic nitrogens is 3.